The first kappa shape index (κ1) is 19.0. The van der Waals surface area contributed by atoms with Gasteiger partial charge in [-0.15, -0.1) is 0 Å². The molecule has 1 fully saturated rings. The largest absolute Gasteiger partial charge is 0.376 e. The maximum Gasteiger partial charge on any atom is 0.232 e. The van der Waals surface area contributed by atoms with Gasteiger partial charge in [0, 0.05) is 31.1 Å². The summed E-state index contributed by atoms with van der Waals surface area (Å²) in [4.78, 5) is 11.9. The number of nitrogens with one attached hydrogen (secondary N) is 1. The Labute approximate surface area is 148 Å². The standard InChI is InChI=1S/C16H23ClN2O4S/c1-24(21,22)19(14-8-6-13(17)7-9-14)10-2-5-16(20)18-12-15-4-3-11-23-15/h6-9,15H,2-5,10-12H2,1H3,(H,18,20)/t15-/m0/s1. The van der Waals surface area contributed by atoms with Gasteiger partial charge in [0.05, 0.1) is 18.0 Å². The van der Waals surface area contributed by atoms with E-state index in [1.54, 1.807) is 24.3 Å². The van der Waals surface area contributed by atoms with Gasteiger partial charge in [0.25, 0.3) is 0 Å². The van der Waals surface area contributed by atoms with Gasteiger partial charge in [-0.2, -0.15) is 0 Å². The van der Waals surface area contributed by atoms with Crippen molar-refractivity contribution in [2.75, 3.05) is 30.3 Å². The van der Waals surface area contributed by atoms with Crippen molar-refractivity contribution in [2.45, 2.75) is 31.8 Å². The molecule has 2 rings (SSSR count). The van der Waals surface area contributed by atoms with E-state index in [0.717, 1.165) is 25.7 Å². The lowest BCUT2D eigenvalue weighted by atomic mass is 10.2. The average Bonchev–Trinajstić information content (AvgIpc) is 3.03. The Morgan fingerprint density at radius 3 is 2.67 bits per heavy atom. The van der Waals surface area contributed by atoms with E-state index >= 15 is 0 Å². The fourth-order valence-electron chi connectivity index (χ4n) is 2.60. The van der Waals surface area contributed by atoms with Crippen LogP contribution >= 0.6 is 11.6 Å². The second-order valence-corrected chi connectivity index (χ2v) is 8.20. The number of hydrogen-bond donors (Lipinski definition) is 1. The highest BCUT2D eigenvalue weighted by Gasteiger charge is 2.18. The molecule has 1 heterocycles. The zero-order valence-corrected chi connectivity index (χ0v) is 15.3. The molecule has 24 heavy (non-hydrogen) atoms. The zero-order chi connectivity index (χ0) is 17.6. The van der Waals surface area contributed by atoms with Crippen molar-refractivity contribution in [1.29, 1.82) is 0 Å². The van der Waals surface area contributed by atoms with Crippen molar-refractivity contribution in [3.63, 3.8) is 0 Å². The van der Waals surface area contributed by atoms with Crippen LogP contribution in [0.3, 0.4) is 0 Å². The van der Waals surface area contributed by atoms with Crippen LogP contribution in [0, 0.1) is 0 Å². The number of anilines is 1. The Hall–Kier alpha value is -1.31. The smallest absolute Gasteiger partial charge is 0.232 e. The number of amides is 1. The molecule has 1 N–H and O–H groups in total. The molecule has 1 amide bonds. The van der Waals surface area contributed by atoms with E-state index < -0.39 is 10.0 Å². The van der Waals surface area contributed by atoms with Gasteiger partial charge < -0.3 is 10.1 Å². The predicted octanol–water partition coefficient (Wildman–Crippen LogP) is 2.18. The molecule has 6 nitrogen and oxygen atoms in total. The van der Waals surface area contributed by atoms with Crippen LogP contribution < -0.4 is 9.62 Å². The topological polar surface area (TPSA) is 75.7 Å². The summed E-state index contributed by atoms with van der Waals surface area (Å²) >= 11 is 5.83. The Morgan fingerprint density at radius 2 is 2.08 bits per heavy atom. The molecule has 1 aromatic rings. The fraction of sp³-hybridized carbons (Fsp3) is 0.562. The number of benzene rings is 1. The summed E-state index contributed by atoms with van der Waals surface area (Å²) < 4.78 is 30.7. The van der Waals surface area contributed by atoms with Crippen molar-refractivity contribution in [2.24, 2.45) is 0 Å². The third kappa shape index (κ3) is 5.96. The van der Waals surface area contributed by atoms with Gasteiger partial charge >= 0.3 is 0 Å². The SMILES string of the molecule is CS(=O)(=O)N(CCCC(=O)NC[C@@H]1CCCO1)c1ccc(Cl)cc1. The number of sulfonamides is 1. The van der Waals surface area contributed by atoms with Gasteiger partial charge in [0.1, 0.15) is 0 Å². The monoisotopic (exact) mass is 374 g/mol. The second kappa shape index (κ2) is 8.69. The van der Waals surface area contributed by atoms with Gasteiger partial charge in [0.15, 0.2) is 0 Å². The molecule has 0 unspecified atom stereocenters. The van der Waals surface area contributed by atoms with Gasteiger partial charge in [0.2, 0.25) is 15.9 Å². The highest BCUT2D eigenvalue weighted by atomic mass is 35.5. The summed E-state index contributed by atoms with van der Waals surface area (Å²) in [7, 11) is -3.42. The van der Waals surface area contributed by atoms with E-state index in [1.165, 1.54) is 4.31 Å². The van der Waals surface area contributed by atoms with E-state index in [4.69, 9.17) is 16.3 Å². The first-order chi connectivity index (χ1) is 11.4. The first-order valence-electron chi connectivity index (χ1n) is 7.98. The Bertz CT molecular complexity index is 643. The van der Waals surface area contributed by atoms with Crippen LogP contribution in [0.25, 0.3) is 0 Å². The lowest BCUT2D eigenvalue weighted by molar-refractivity contribution is -0.121. The molecule has 0 bridgehead atoms. The molecule has 1 aromatic carbocycles. The summed E-state index contributed by atoms with van der Waals surface area (Å²) in [6.45, 7) is 1.52. The maximum atomic E-state index is 12.0. The summed E-state index contributed by atoms with van der Waals surface area (Å²) in [6, 6.07) is 6.59. The molecule has 0 aromatic heterocycles. The van der Waals surface area contributed by atoms with Gasteiger partial charge in [-0.25, -0.2) is 8.42 Å². The lowest BCUT2D eigenvalue weighted by Crippen LogP contribution is -2.34. The van der Waals surface area contributed by atoms with Crippen LogP contribution in [0.2, 0.25) is 5.02 Å². The summed E-state index contributed by atoms with van der Waals surface area (Å²) in [5.74, 6) is -0.0879. The molecule has 0 saturated carbocycles. The molecule has 134 valence electrons. The van der Waals surface area contributed by atoms with E-state index in [1.807, 2.05) is 0 Å². The van der Waals surface area contributed by atoms with E-state index in [2.05, 4.69) is 5.32 Å². The van der Waals surface area contributed by atoms with Crippen molar-refractivity contribution in [3.05, 3.63) is 29.3 Å². The average molecular weight is 375 g/mol. The normalized spacial score (nSPS) is 17.7. The van der Waals surface area contributed by atoms with Crippen LogP contribution in [0.15, 0.2) is 24.3 Å². The number of carbonyl (C=O) groups excluding carboxylic acids is 1. The van der Waals surface area contributed by atoms with Gasteiger partial charge in [-0.3, -0.25) is 9.10 Å². The molecule has 1 aliphatic heterocycles. The number of rotatable bonds is 8. The molecule has 1 aliphatic rings. The predicted molar refractivity (Wildman–Crippen MR) is 94.9 cm³/mol. The first-order valence-corrected chi connectivity index (χ1v) is 10.2. The van der Waals surface area contributed by atoms with Gasteiger partial charge in [-0.05, 0) is 43.5 Å². The molecule has 0 spiro atoms. The zero-order valence-electron chi connectivity index (χ0n) is 13.7. The van der Waals surface area contributed by atoms with Crippen LogP contribution in [0.5, 0.6) is 0 Å². The van der Waals surface area contributed by atoms with Crippen molar-refractivity contribution in [3.8, 4) is 0 Å². The minimum atomic E-state index is -3.42. The molecule has 0 radical (unpaired) electrons. The van der Waals surface area contributed by atoms with Crippen molar-refractivity contribution in [1.82, 2.24) is 5.32 Å². The fourth-order valence-corrected chi connectivity index (χ4v) is 3.69. The molecule has 0 aliphatic carbocycles. The number of nitrogens with zero attached hydrogens (tertiary/aromatic N) is 1. The summed E-state index contributed by atoms with van der Waals surface area (Å²) in [5.41, 5.74) is 0.543. The quantitative estimate of drug-likeness (QED) is 0.756. The number of hydrogen-bond acceptors (Lipinski definition) is 4. The highest BCUT2D eigenvalue weighted by Crippen LogP contribution is 2.21. The molecule has 1 saturated heterocycles. The van der Waals surface area contributed by atoms with Crippen LogP contribution in [-0.4, -0.2) is 46.4 Å². The Kier molecular flexibility index (Phi) is 6.89. The Morgan fingerprint density at radius 1 is 1.38 bits per heavy atom. The highest BCUT2D eigenvalue weighted by molar-refractivity contribution is 7.92. The lowest BCUT2D eigenvalue weighted by Gasteiger charge is -2.22. The van der Waals surface area contributed by atoms with Crippen molar-refractivity contribution < 1.29 is 17.9 Å². The number of carbonyl (C=O) groups is 1. The summed E-state index contributed by atoms with van der Waals surface area (Å²) in [6.07, 6.45) is 3.97. The number of ether oxygens (including phenoxy) is 1. The minimum absolute atomic E-state index is 0.0879. The third-order valence-corrected chi connectivity index (χ3v) is 5.28. The molecule has 8 heteroatoms. The Balaban J connectivity index is 1.82. The van der Waals surface area contributed by atoms with Crippen LogP contribution in [0.1, 0.15) is 25.7 Å². The van der Waals surface area contributed by atoms with E-state index in [-0.39, 0.29) is 25.0 Å². The van der Waals surface area contributed by atoms with Crippen LogP contribution in [-0.2, 0) is 19.6 Å². The van der Waals surface area contributed by atoms with Crippen molar-refractivity contribution >= 4 is 33.2 Å². The van der Waals surface area contributed by atoms with E-state index in [9.17, 15) is 13.2 Å². The molecular weight excluding hydrogens is 352 g/mol. The third-order valence-electron chi connectivity index (χ3n) is 3.83. The minimum Gasteiger partial charge on any atom is -0.376 e. The maximum absolute atomic E-state index is 12.0. The molecule has 1 atom stereocenters. The van der Waals surface area contributed by atoms with E-state index in [0.29, 0.717) is 23.7 Å². The summed E-state index contributed by atoms with van der Waals surface area (Å²) in [5, 5.41) is 3.38. The number of halogens is 1. The van der Waals surface area contributed by atoms with Gasteiger partial charge in [-0.1, -0.05) is 11.6 Å². The molecular formula is C16H23ClN2O4S. The second-order valence-electron chi connectivity index (χ2n) is 5.85. The van der Waals surface area contributed by atoms with Crippen LogP contribution in [0.4, 0.5) is 5.69 Å².